The lowest BCUT2D eigenvalue weighted by molar-refractivity contribution is 0.622. The van der Waals surface area contributed by atoms with Crippen LogP contribution in [0, 0.1) is 19.7 Å². The first-order valence-electron chi connectivity index (χ1n) is 10.1. The van der Waals surface area contributed by atoms with Crippen LogP contribution < -0.4 is 10.6 Å². The molecule has 6 nitrogen and oxygen atoms in total. The number of benzene rings is 2. The van der Waals surface area contributed by atoms with Crippen LogP contribution in [0.15, 0.2) is 54.7 Å². The van der Waals surface area contributed by atoms with Crippen molar-refractivity contribution < 1.29 is 4.39 Å². The Morgan fingerprint density at radius 2 is 1.76 bits per heavy atom. The highest BCUT2D eigenvalue weighted by atomic mass is 35.5. The Hall–Kier alpha value is -2.94. The monoisotopic (exact) mass is 502 g/mol. The van der Waals surface area contributed by atoms with Crippen molar-refractivity contribution in [1.82, 2.24) is 19.6 Å². The zero-order valence-corrected chi connectivity index (χ0v) is 20.3. The molecule has 0 unspecified atom stereocenters. The van der Waals surface area contributed by atoms with Crippen LogP contribution in [-0.2, 0) is 13.1 Å². The number of aryl methyl sites for hydroxylation is 1. The number of aromatic nitrogens is 4. The van der Waals surface area contributed by atoms with E-state index in [-0.39, 0.29) is 5.82 Å². The molecule has 0 amide bonds. The molecule has 0 aliphatic heterocycles. The molecule has 0 radical (unpaired) electrons. The van der Waals surface area contributed by atoms with Crippen LogP contribution in [0.1, 0.15) is 22.5 Å². The number of rotatable bonds is 6. The predicted molar refractivity (Wildman–Crippen MR) is 135 cm³/mol. The van der Waals surface area contributed by atoms with E-state index in [0.717, 1.165) is 28.2 Å². The Balaban J connectivity index is 1.40. The van der Waals surface area contributed by atoms with Crippen LogP contribution in [-0.4, -0.2) is 24.7 Å². The van der Waals surface area contributed by atoms with Crippen LogP contribution in [0.25, 0.3) is 0 Å². The van der Waals surface area contributed by atoms with E-state index in [4.69, 9.17) is 35.4 Å². The molecular weight excluding hydrogens is 482 g/mol. The van der Waals surface area contributed by atoms with Gasteiger partial charge in [-0.3, -0.25) is 9.36 Å². The van der Waals surface area contributed by atoms with Gasteiger partial charge >= 0.3 is 0 Å². The van der Waals surface area contributed by atoms with E-state index in [1.165, 1.54) is 12.1 Å². The van der Waals surface area contributed by atoms with Gasteiger partial charge in [-0.1, -0.05) is 41.4 Å². The van der Waals surface area contributed by atoms with Crippen LogP contribution in [0.2, 0.25) is 10.0 Å². The Labute approximate surface area is 206 Å². The van der Waals surface area contributed by atoms with E-state index >= 15 is 0 Å². The van der Waals surface area contributed by atoms with Gasteiger partial charge in [0.1, 0.15) is 5.82 Å². The Kier molecular flexibility index (Phi) is 6.97. The number of hydrogen-bond donors (Lipinski definition) is 2. The first kappa shape index (κ1) is 23.2. The van der Waals surface area contributed by atoms with Crippen LogP contribution in [0.3, 0.4) is 0 Å². The Bertz CT molecular complexity index is 1300. The molecule has 0 fully saturated rings. The van der Waals surface area contributed by atoms with E-state index < -0.39 is 0 Å². The highest BCUT2D eigenvalue weighted by molar-refractivity contribution is 7.80. The van der Waals surface area contributed by atoms with Gasteiger partial charge in [-0.05, 0) is 61.5 Å². The maximum absolute atomic E-state index is 13.3. The second-order valence-electron chi connectivity index (χ2n) is 7.54. The van der Waals surface area contributed by atoms with Crippen molar-refractivity contribution in [2.75, 3.05) is 10.6 Å². The van der Waals surface area contributed by atoms with Gasteiger partial charge in [0, 0.05) is 22.3 Å². The number of anilines is 2. The van der Waals surface area contributed by atoms with Gasteiger partial charge in [-0.2, -0.15) is 10.2 Å². The molecule has 170 valence electrons. The summed E-state index contributed by atoms with van der Waals surface area (Å²) >= 11 is 17.6. The molecule has 0 aliphatic rings. The molecule has 2 heterocycles. The topological polar surface area (TPSA) is 59.7 Å². The van der Waals surface area contributed by atoms with E-state index in [1.54, 1.807) is 10.7 Å². The van der Waals surface area contributed by atoms with Crippen LogP contribution >= 0.6 is 35.4 Å². The second-order valence-corrected chi connectivity index (χ2v) is 8.80. The third-order valence-electron chi connectivity index (χ3n) is 5.10. The first-order chi connectivity index (χ1) is 15.8. The molecule has 2 N–H and O–H groups in total. The van der Waals surface area contributed by atoms with E-state index in [0.29, 0.717) is 34.1 Å². The molecule has 33 heavy (non-hydrogen) atoms. The summed E-state index contributed by atoms with van der Waals surface area (Å²) in [5, 5.41) is 16.9. The van der Waals surface area contributed by atoms with Gasteiger partial charge in [0.2, 0.25) is 0 Å². The minimum atomic E-state index is -0.369. The summed E-state index contributed by atoms with van der Waals surface area (Å²) in [5.74, 6) is 0.258. The number of halogens is 3. The van der Waals surface area contributed by atoms with Crippen molar-refractivity contribution in [3.8, 4) is 0 Å². The number of hydrogen-bond acceptors (Lipinski definition) is 3. The van der Waals surface area contributed by atoms with Gasteiger partial charge in [0.15, 0.2) is 10.9 Å². The van der Waals surface area contributed by atoms with E-state index in [2.05, 4.69) is 20.8 Å². The lowest BCUT2D eigenvalue weighted by Gasteiger charge is -2.10. The summed E-state index contributed by atoms with van der Waals surface area (Å²) in [6, 6.07) is 13.8. The highest BCUT2D eigenvalue weighted by Gasteiger charge is 2.15. The van der Waals surface area contributed by atoms with Crippen molar-refractivity contribution in [3.63, 3.8) is 0 Å². The van der Waals surface area contributed by atoms with Crippen molar-refractivity contribution in [2.24, 2.45) is 0 Å². The second kappa shape index (κ2) is 9.91. The van der Waals surface area contributed by atoms with E-state index in [9.17, 15) is 4.39 Å². The summed E-state index contributed by atoms with van der Waals surface area (Å²) in [7, 11) is 0. The number of nitrogens with one attached hydrogen (secondary N) is 2. The standard InChI is InChI=1S/C23H21Cl2FN6S/c1-14-22(15(2)32(29-14)13-17-5-8-19(26)11-20(17)25)28-23(33)27-21-9-10-31(30-21)12-16-3-6-18(24)7-4-16/h3-11H,12-13H2,1-2H3,(H2,27,28,30,33). The fraction of sp³-hybridized carbons (Fsp3) is 0.174. The fourth-order valence-corrected chi connectivity index (χ4v) is 3.96. The largest absolute Gasteiger partial charge is 0.329 e. The summed E-state index contributed by atoms with van der Waals surface area (Å²) in [4.78, 5) is 0. The minimum Gasteiger partial charge on any atom is -0.329 e. The van der Waals surface area contributed by atoms with Gasteiger partial charge in [0.05, 0.1) is 30.2 Å². The maximum atomic E-state index is 13.3. The minimum absolute atomic E-state index is 0.364. The summed E-state index contributed by atoms with van der Waals surface area (Å²) < 4.78 is 17.0. The number of nitrogens with zero attached hydrogens (tertiary/aromatic N) is 4. The molecule has 0 aliphatic carbocycles. The van der Waals surface area contributed by atoms with Crippen molar-refractivity contribution in [1.29, 1.82) is 0 Å². The average Bonchev–Trinajstić information content (AvgIpc) is 3.30. The molecule has 0 saturated carbocycles. The number of thiocarbonyl (C=S) groups is 1. The lowest BCUT2D eigenvalue weighted by atomic mass is 10.2. The van der Waals surface area contributed by atoms with Gasteiger partial charge in [0.25, 0.3) is 0 Å². The van der Waals surface area contributed by atoms with E-state index in [1.807, 2.05) is 55.1 Å². The van der Waals surface area contributed by atoms with Crippen LogP contribution in [0.4, 0.5) is 15.9 Å². The molecule has 4 rings (SSSR count). The van der Waals surface area contributed by atoms with Crippen molar-refractivity contribution in [2.45, 2.75) is 26.9 Å². The molecule has 10 heteroatoms. The van der Waals surface area contributed by atoms with Crippen molar-refractivity contribution >= 4 is 52.0 Å². The SMILES string of the molecule is Cc1nn(Cc2ccc(F)cc2Cl)c(C)c1NC(=S)Nc1ccn(Cc2ccc(Cl)cc2)n1. The van der Waals surface area contributed by atoms with Gasteiger partial charge in [-0.25, -0.2) is 4.39 Å². The summed E-state index contributed by atoms with van der Waals surface area (Å²) in [5.41, 5.74) is 4.33. The van der Waals surface area contributed by atoms with Crippen LogP contribution in [0.5, 0.6) is 0 Å². The zero-order valence-electron chi connectivity index (χ0n) is 17.9. The lowest BCUT2D eigenvalue weighted by Crippen LogP contribution is -2.20. The molecule has 4 aromatic rings. The molecule has 0 bridgehead atoms. The third kappa shape index (κ3) is 5.71. The summed E-state index contributed by atoms with van der Waals surface area (Å²) in [6.45, 7) is 4.86. The maximum Gasteiger partial charge on any atom is 0.176 e. The third-order valence-corrected chi connectivity index (χ3v) is 5.90. The molecule has 0 saturated heterocycles. The average molecular weight is 503 g/mol. The quantitative estimate of drug-likeness (QED) is 0.314. The highest BCUT2D eigenvalue weighted by Crippen LogP contribution is 2.24. The zero-order chi connectivity index (χ0) is 23.5. The normalized spacial score (nSPS) is 10.9. The molecule has 2 aromatic carbocycles. The predicted octanol–water partition coefficient (Wildman–Crippen LogP) is 6.05. The smallest absolute Gasteiger partial charge is 0.176 e. The Morgan fingerprint density at radius 3 is 2.48 bits per heavy atom. The first-order valence-corrected chi connectivity index (χ1v) is 11.3. The molecule has 0 spiro atoms. The molecular formula is C23H21Cl2FN6S. The van der Waals surface area contributed by atoms with Gasteiger partial charge in [-0.15, -0.1) is 0 Å². The molecule has 2 aromatic heterocycles. The Morgan fingerprint density at radius 1 is 1.00 bits per heavy atom. The fourth-order valence-electron chi connectivity index (χ4n) is 3.40. The summed E-state index contributed by atoms with van der Waals surface area (Å²) in [6.07, 6.45) is 1.88. The van der Waals surface area contributed by atoms with Gasteiger partial charge < -0.3 is 10.6 Å². The molecule has 0 atom stereocenters. The van der Waals surface area contributed by atoms with Crippen molar-refractivity contribution in [3.05, 3.63) is 93.1 Å².